The van der Waals surface area contributed by atoms with E-state index in [1.165, 1.54) is 13.0 Å². The summed E-state index contributed by atoms with van der Waals surface area (Å²) in [4.78, 5) is 14.2. The zero-order valence-electron chi connectivity index (χ0n) is 13.6. The third kappa shape index (κ3) is 3.33. The molecule has 2 heterocycles. The molecule has 1 aromatic rings. The van der Waals surface area contributed by atoms with E-state index < -0.39 is 0 Å². The summed E-state index contributed by atoms with van der Waals surface area (Å²) in [6.07, 6.45) is 1.27. The SMILES string of the molecule is CCOc1ccc(C(C)=O)cc1CN1CCC2CNCC2C1. The number of hydrogen-bond acceptors (Lipinski definition) is 4. The van der Waals surface area contributed by atoms with Gasteiger partial charge in [0.15, 0.2) is 5.78 Å². The van der Waals surface area contributed by atoms with E-state index in [2.05, 4.69) is 10.2 Å². The van der Waals surface area contributed by atoms with E-state index in [1.807, 2.05) is 25.1 Å². The first-order valence-corrected chi connectivity index (χ1v) is 8.37. The van der Waals surface area contributed by atoms with Crippen molar-refractivity contribution in [2.45, 2.75) is 26.8 Å². The summed E-state index contributed by atoms with van der Waals surface area (Å²) >= 11 is 0. The number of benzene rings is 1. The highest BCUT2D eigenvalue weighted by Crippen LogP contribution is 2.29. The second-order valence-electron chi connectivity index (χ2n) is 6.51. The molecule has 2 aliphatic rings. The Balaban J connectivity index is 1.74. The molecule has 1 N–H and O–H groups in total. The molecule has 2 saturated heterocycles. The Morgan fingerprint density at radius 2 is 2.18 bits per heavy atom. The van der Waals surface area contributed by atoms with E-state index in [9.17, 15) is 4.79 Å². The van der Waals surface area contributed by atoms with Gasteiger partial charge in [0.05, 0.1) is 6.61 Å². The van der Waals surface area contributed by atoms with Crippen LogP contribution in [0.5, 0.6) is 5.75 Å². The van der Waals surface area contributed by atoms with Crippen LogP contribution < -0.4 is 10.1 Å². The van der Waals surface area contributed by atoms with Crippen molar-refractivity contribution in [1.82, 2.24) is 10.2 Å². The maximum Gasteiger partial charge on any atom is 0.159 e. The van der Waals surface area contributed by atoms with E-state index in [0.29, 0.717) is 6.61 Å². The van der Waals surface area contributed by atoms with Crippen LogP contribution in [-0.2, 0) is 6.54 Å². The smallest absolute Gasteiger partial charge is 0.159 e. The van der Waals surface area contributed by atoms with Gasteiger partial charge >= 0.3 is 0 Å². The summed E-state index contributed by atoms with van der Waals surface area (Å²) < 4.78 is 5.75. The zero-order chi connectivity index (χ0) is 15.5. The Hall–Kier alpha value is -1.39. The van der Waals surface area contributed by atoms with Crippen LogP contribution in [0.2, 0.25) is 0 Å². The Kier molecular flexibility index (Phi) is 4.79. The number of likely N-dealkylation sites (tertiary alicyclic amines) is 1. The van der Waals surface area contributed by atoms with Crippen molar-refractivity contribution in [1.29, 1.82) is 0 Å². The third-order valence-corrected chi connectivity index (χ3v) is 4.95. The van der Waals surface area contributed by atoms with E-state index in [-0.39, 0.29) is 5.78 Å². The van der Waals surface area contributed by atoms with Gasteiger partial charge in [0, 0.05) is 24.2 Å². The summed E-state index contributed by atoms with van der Waals surface area (Å²) in [6.45, 7) is 9.76. The van der Waals surface area contributed by atoms with Crippen LogP contribution in [0, 0.1) is 11.8 Å². The third-order valence-electron chi connectivity index (χ3n) is 4.95. The minimum absolute atomic E-state index is 0.114. The molecule has 0 spiro atoms. The van der Waals surface area contributed by atoms with Gasteiger partial charge in [0.2, 0.25) is 0 Å². The first-order chi connectivity index (χ1) is 10.7. The molecule has 0 aromatic heterocycles. The molecule has 0 bridgehead atoms. The topological polar surface area (TPSA) is 41.6 Å². The van der Waals surface area contributed by atoms with E-state index in [1.54, 1.807) is 6.92 Å². The summed E-state index contributed by atoms with van der Waals surface area (Å²) in [5.74, 6) is 2.66. The second kappa shape index (κ2) is 6.80. The average Bonchev–Trinajstić information content (AvgIpc) is 2.96. The highest BCUT2D eigenvalue weighted by Gasteiger charge is 2.32. The lowest BCUT2D eigenvalue weighted by Gasteiger charge is -2.34. The van der Waals surface area contributed by atoms with Crippen molar-refractivity contribution in [3.63, 3.8) is 0 Å². The minimum Gasteiger partial charge on any atom is -0.494 e. The van der Waals surface area contributed by atoms with Gasteiger partial charge in [-0.1, -0.05) is 0 Å². The molecule has 120 valence electrons. The molecule has 4 heteroatoms. The van der Waals surface area contributed by atoms with Crippen LogP contribution in [0.15, 0.2) is 18.2 Å². The molecule has 1 aromatic carbocycles. The number of ketones is 1. The standard InChI is InChI=1S/C18H26N2O2/c1-3-22-18-5-4-14(13(2)21)8-16(18)11-20-7-6-15-9-19-10-17(15)12-20/h4-5,8,15,17,19H,3,6-7,9-12H2,1-2H3. The van der Waals surface area contributed by atoms with E-state index >= 15 is 0 Å². The van der Waals surface area contributed by atoms with Gasteiger partial charge in [-0.3, -0.25) is 9.69 Å². The summed E-state index contributed by atoms with van der Waals surface area (Å²) in [5, 5.41) is 3.51. The maximum atomic E-state index is 11.6. The van der Waals surface area contributed by atoms with Gasteiger partial charge in [0.1, 0.15) is 5.75 Å². The van der Waals surface area contributed by atoms with Crippen molar-refractivity contribution in [3.05, 3.63) is 29.3 Å². The van der Waals surface area contributed by atoms with E-state index in [0.717, 1.165) is 54.9 Å². The highest BCUT2D eigenvalue weighted by molar-refractivity contribution is 5.94. The van der Waals surface area contributed by atoms with Gasteiger partial charge in [0.25, 0.3) is 0 Å². The fourth-order valence-electron chi connectivity index (χ4n) is 3.71. The number of nitrogens with zero attached hydrogens (tertiary/aromatic N) is 1. The summed E-state index contributed by atoms with van der Waals surface area (Å²) in [6, 6.07) is 5.82. The lowest BCUT2D eigenvalue weighted by molar-refractivity contribution is 0.101. The summed E-state index contributed by atoms with van der Waals surface area (Å²) in [7, 11) is 0. The highest BCUT2D eigenvalue weighted by atomic mass is 16.5. The number of fused-ring (bicyclic) bond motifs is 1. The van der Waals surface area contributed by atoms with Crippen molar-refractivity contribution in [2.24, 2.45) is 11.8 Å². The molecule has 22 heavy (non-hydrogen) atoms. The molecule has 0 amide bonds. The van der Waals surface area contributed by atoms with Gasteiger partial charge in [-0.2, -0.15) is 0 Å². The van der Waals surface area contributed by atoms with Crippen LogP contribution in [0.3, 0.4) is 0 Å². The number of hydrogen-bond donors (Lipinski definition) is 1. The molecule has 3 rings (SSSR count). The van der Waals surface area contributed by atoms with Gasteiger partial charge in [-0.25, -0.2) is 0 Å². The predicted octanol–water partition coefficient (Wildman–Crippen LogP) is 2.33. The monoisotopic (exact) mass is 302 g/mol. The van der Waals surface area contributed by atoms with Crippen LogP contribution in [0.4, 0.5) is 0 Å². The van der Waals surface area contributed by atoms with Crippen LogP contribution in [-0.4, -0.2) is 43.5 Å². The van der Waals surface area contributed by atoms with Crippen LogP contribution in [0.25, 0.3) is 0 Å². The number of carbonyl (C=O) groups excluding carboxylic acids is 1. The Labute approximate surface area is 132 Å². The van der Waals surface area contributed by atoms with Gasteiger partial charge in [-0.15, -0.1) is 0 Å². The molecule has 0 saturated carbocycles. The molecule has 2 unspecified atom stereocenters. The first kappa shape index (κ1) is 15.5. The largest absolute Gasteiger partial charge is 0.494 e. The minimum atomic E-state index is 0.114. The van der Waals surface area contributed by atoms with Crippen molar-refractivity contribution in [2.75, 3.05) is 32.8 Å². The first-order valence-electron chi connectivity index (χ1n) is 8.37. The van der Waals surface area contributed by atoms with Gasteiger partial charge < -0.3 is 10.1 Å². The molecule has 2 atom stereocenters. The lowest BCUT2D eigenvalue weighted by Crippen LogP contribution is -2.39. The number of piperidine rings is 1. The van der Waals surface area contributed by atoms with Crippen molar-refractivity contribution in [3.8, 4) is 5.75 Å². The molecule has 0 radical (unpaired) electrons. The molecule has 4 nitrogen and oxygen atoms in total. The van der Waals surface area contributed by atoms with Gasteiger partial charge in [-0.05, 0) is 69.9 Å². The van der Waals surface area contributed by atoms with Crippen LogP contribution in [0.1, 0.15) is 36.2 Å². The normalized spacial score (nSPS) is 25.0. The average molecular weight is 302 g/mol. The summed E-state index contributed by atoms with van der Waals surface area (Å²) in [5.41, 5.74) is 1.91. The predicted molar refractivity (Wildman–Crippen MR) is 87.4 cm³/mol. The molecule has 0 aliphatic carbocycles. The Bertz CT molecular complexity index is 544. The quantitative estimate of drug-likeness (QED) is 0.848. The molecule has 2 fully saturated rings. The van der Waals surface area contributed by atoms with E-state index in [4.69, 9.17) is 4.74 Å². The molecular formula is C18H26N2O2. The number of carbonyl (C=O) groups is 1. The second-order valence-corrected chi connectivity index (χ2v) is 6.51. The molecule has 2 aliphatic heterocycles. The number of Topliss-reactive ketones (excluding diaryl/α,β-unsaturated/α-hetero) is 1. The maximum absolute atomic E-state index is 11.6. The Morgan fingerprint density at radius 1 is 1.36 bits per heavy atom. The zero-order valence-corrected chi connectivity index (χ0v) is 13.6. The van der Waals surface area contributed by atoms with Crippen LogP contribution >= 0.6 is 0 Å². The number of nitrogens with one attached hydrogen (secondary N) is 1. The lowest BCUT2D eigenvalue weighted by atomic mass is 9.88. The number of ether oxygens (including phenoxy) is 1. The Morgan fingerprint density at radius 3 is 2.95 bits per heavy atom. The molecular weight excluding hydrogens is 276 g/mol. The fourth-order valence-corrected chi connectivity index (χ4v) is 3.71. The van der Waals surface area contributed by atoms with Crippen molar-refractivity contribution >= 4 is 5.78 Å². The number of rotatable bonds is 5. The van der Waals surface area contributed by atoms with Crippen molar-refractivity contribution < 1.29 is 9.53 Å². The fraction of sp³-hybridized carbons (Fsp3) is 0.611.